The summed E-state index contributed by atoms with van der Waals surface area (Å²) >= 11 is 0. The van der Waals surface area contributed by atoms with Gasteiger partial charge >= 0.3 is 0 Å². The van der Waals surface area contributed by atoms with Gasteiger partial charge in [0.05, 0.1) is 30.1 Å². The van der Waals surface area contributed by atoms with E-state index in [0.717, 1.165) is 5.56 Å². The van der Waals surface area contributed by atoms with E-state index in [2.05, 4.69) is 15.5 Å². The molecule has 0 aliphatic carbocycles. The minimum absolute atomic E-state index is 0.0972. The molecule has 2 amide bonds. The molecule has 7 nitrogen and oxygen atoms in total. The standard InChI is InChI=1S/C24H25FN4O3/c1-27-24(32)23(16-3-2-15-10-22(31)28-21(15)9-16)20(13-29-5-4-19(30)12-29)17-6-14(11-26)7-18(25)8-17/h2-3,6-9,19-20,23,30H,4-5,10,12-13H2,1H3,(H,27,32)(H,28,31)/t19-,20+,23?/m0/s1. The molecule has 1 unspecified atom stereocenters. The molecule has 3 atom stereocenters. The molecular weight excluding hydrogens is 411 g/mol. The molecule has 3 N–H and O–H groups in total. The fourth-order valence-corrected chi connectivity index (χ4v) is 4.70. The summed E-state index contributed by atoms with van der Waals surface area (Å²) in [6.07, 6.45) is 0.492. The predicted octanol–water partition coefficient (Wildman–Crippen LogP) is 1.87. The first-order valence-corrected chi connectivity index (χ1v) is 10.6. The molecule has 8 heteroatoms. The number of aliphatic hydroxyl groups excluding tert-OH is 1. The van der Waals surface area contributed by atoms with Crippen LogP contribution in [0.2, 0.25) is 0 Å². The van der Waals surface area contributed by atoms with E-state index in [4.69, 9.17) is 0 Å². The second-order valence-electron chi connectivity index (χ2n) is 8.43. The largest absolute Gasteiger partial charge is 0.392 e. The van der Waals surface area contributed by atoms with E-state index in [1.54, 1.807) is 19.2 Å². The highest BCUT2D eigenvalue weighted by Gasteiger charge is 2.35. The molecule has 2 aliphatic heterocycles. The van der Waals surface area contributed by atoms with Gasteiger partial charge in [-0.25, -0.2) is 4.39 Å². The summed E-state index contributed by atoms with van der Waals surface area (Å²) in [6.45, 7) is 1.54. The quantitative estimate of drug-likeness (QED) is 0.641. The molecule has 32 heavy (non-hydrogen) atoms. The van der Waals surface area contributed by atoms with Gasteiger partial charge in [-0.3, -0.25) is 9.59 Å². The number of halogens is 1. The van der Waals surface area contributed by atoms with Gasteiger partial charge in [0.2, 0.25) is 11.8 Å². The predicted molar refractivity (Wildman–Crippen MR) is 117 cm³/mol. The molecule has 4 rings (SSSR count). The molecule has 2 aliphatic rings. The maximum absolute atomic E-state index is 14.4. The van der Waals surface area contributed by atoms with Crippen LogP contribution in [0.5, 0.6) is 0 Å². The maximum Gasteiger partial charge on any atom is 0.228 e. The summed E-state index contributed by atoms with van der Waals surface area (Å²) in [5, 5.41) is 24.9. The lowest BCUT2D eigenvalue weighted by molar-refractivity contribution is -0.122. The van der Waals surface area contributed by atoms with Crippen molar-refractivity contribution in [2.24, 2.45) is 0 Å². The van der Waals surface area contributed by atoms with Gasteiger partial charge in [-0.1, -0.05) is 12.1 Å². The number of hydrogen-bond donors (Lipinski definition) is 3. The van der Waals surface area contributed by atoms with Gasteiger partial charge in [0.1, 0.15) is 5.82 Å². The van der Waals surface area contributed by atoms with Crippen molar-refractivity contribution in [3.63, 3.8) is 0 Å². The number of hydrogen-bond acceptors (Lipinski definition) is 5. The number of benzene rings is 2. The number of carbonyl (C=O) groups excluding carboxylic acids is 2. The Kier molecular flexibility index (Phi) is 6.21. The second kappa shape index (κ2) is 9.07. The van der Waals surface area contributed by atoms with Crippen LogP contribution in [0.1, 0.15) is 40.5 Å². The van der Waals surface area contributed by atoms with Crippen LogP contribution in [-0.4, -0.2) is 54.6 Å². The Hall–Kier alpha value is -3.28. The van der Waals surface area contributed by atoms with Crippen LogP contribution >= 0.6 is 0 Å². The Labute approximate surface area is 185 Å². The Morgan fingerprint density at radius 3 is 2.84 bits per heavy atom. The highest BCUT2D eigenvalue weighted by molar-refractivity contribution is 5.99. The second-order valence-corrected chi connectivity index (χ2v) is 8.43. The third-order valence-electron chi connectivity index (χ3n) is 6.23. The Bertz CT molecular complexity index is 1100. The van der Waals surface area contributed by atoms with Gasteiger partial charge in [-0.15, -0.1) is 0 Å². The SMILES string of the molecule is CNC(=O)C(c1ccc2c(c1)NC(=O)C2)[C@H](CN1CC[C@H](O)C1)c1cc(F)cc(C#N)c1. The molecule has 1 fully saturated rings. The molecule has 0 spiro atoms. The number of fused-ring (bicyclic) bond motifs is 1. The Morgan fingerprint density at radius 1 is 1.34 bits per heavy atom. The lowest BCUT2D eigenvalue weighted by Crippen LogP contribution is -2.36. The van der Waals surface area contributed by atoms with Gasteiger partial charge in [0.15, 0.2) is 0 Å². The zero-order valence-corrected chi connectivity index (χ0v) is 17.8. The molecule has 2 aromatic rings. The van der Waals surface area contributed by atoms with E-state index in [0.29, 0.717) is 49.3 Å². The molecule has 0 radical (unpaired) electrons. The van der Waals surface area contributed by atoms with E-state index in [1.165, 1.54) is 12.1 Å². The highest BCUT2D eigenvalue weighted by Crippen LogP contribution is 2.38. The fourth-order valence-electron chi connectivity index (χ4n) is 4.70. The summed E-state index contributed by atoms with van der Waals surface area (Å²) in [4.78, 5) is 27.0. The van der Waals surface area contributed by atoms with Crippen LogP contribution in [0.15, 0.2) is 36.4 Å². The zero-order chi connectivity index (χ0) is 22.8. The van der Waals surface area contributed by atoms with Crippen LogP contribution in [0, 0.1) is 17.1 Å². The zero-order valence-electron chi connectivity index (χ0n) is 17.8. The van der Waals surface area contributed by atoms with E-state index in [1.807, 2.05) is 18.2 Å². The normalized spacial score (nSPS) is 19.7. The van der Waals surface area contributed by atoms with Crippen LogP contribution < -0.4 is 10.6 Å². The smallest absolute Gasteiger partial charge is 0.228 e. The molecule has 0 saturated carbocycles. The number of nitrogens with zero attached hydrogens (tertiary/aromatic N) is 2. The summed E-state index contributed by atoms with van der Waals surface area (Å²) in [7, 11) is 1.55. The summed E-state index contributed by atoms with van der Waals surface area (Å²) in [5.41, 5.74) is 2.96. The van der Waals surface area contributed by atoms with E-state index < -0.39 is 23.8 Å². The van der Waals surface area contributed by atoms with Gasteiger partial charge in [0.25, 0.3) is 0 Å². The molecule has 0 bridgehead atoms. The molecule has 1 saturated heterocycles. The summed E-state index contributed by atoms with van der Waals surface area (Å²) in [6, 6.07) is 11.6. The number of β-amino-alcohol motifs (C(OH)–C–C–N with tert-alkyl or cyclic N) is 1. The van der Waals surface area contributed by atoms with Crippen LogP contribution in [0.3, 0.4) is 0 Å². The Morgan fingerprint density at radius 2 is 2.16 bits per heavy atom. The van der Waals surface area contributed by atoms with Crippen LogP contribution in [0.25, 0.3) is 0 Å². The molecule has 0 aromatic heterocycles. The number of amides is 2. The van der Waals surface area contributed by atoms with Crippen molar-refractivity contribution in [3.05, 3.63) is 64.5 Å². The molecule has 2 aromatic carbocycles. The Balaban J connectivity index is 1.79. The van der Waals surface area contributed by atoms with E-state index in [9.17, 15) is 24.3 Å². The average Bonchev–Trinajstić information content (AvgIpc) is 3.35. The first-order valence-electron chi connectivity index (χ1n) is 10.6. The fraction of sp³-hybridized carbons (Fsp3) is 0.375. The maximum atomic E-state index is 14.4. The van der Waals surface area contributed by atoms with Crippen LogP contribution in [-0.2, 0) is 16.0 Å². The molecule has 2 heterocycles. The number of anilines is 1. The third kappa shape index (κ3) is 4.49. The summed E-state index contributed by atoms with van der Waals surface area (Å²) in [5.74, 6) is -2.05. The number of likely N-dealkylation sites (N-methyl/N-ethyl adjacent to an activating group) is 1. The van der Waals surface area contributed by atoms with Crippen molar-refractivity contribution >= 4 is 17.5 Å². The van der Waals surface area contributed by atoms with Crippen molar-refractivity contribution < 1.29 is 19.1 Å². The minimum atomic E-state index is -0.686. The number of nitriles is 1. The number of rotatable bonds is 6. The molecular formula is C24H25FN4O3. The number of likely N-dealkylation sites (tertiary alicyclic amines) is 1. The number of aliphatic hydroxyl groups is 1. The summed E-state index contributed by atoms with van der Waals surface area (Å²) < 4.78 is 14.4. The molecule has 166 valence electrons. The van der Waals surface area contributed by atoms with Gasteiger partial charge in [-0.05, 0) is 47.4 Å². The van der Waals surface area contributed by atoms with Crippen molar-refractivity contribution in [1.82, 2.24) is 10.2 Å². The van der Waals surface area contributed by atoms with Gasteiger partial charge < -0.3 is 20.6 Å². The first kappa shape index (κ1) is 21.9. The lowest BCUT2D eigenvalue weighted by Gasteiger charge is -2.31. The lowest BCUT2D eigenvalue weighted by atomic mass is 9.79. The van der Waals surface area contributed by atoms with E-state index >= 15 is 0 Å². The van der Waals surface area contributed by atoms with Crippen molar-refractivity contribution in [2.45, 2.75) is 30.8 Å². The number of nitrogens with one attached hydrogen (secondary N) is 2. The van der Waals surface area contributed by atoms with Crippen molar-refractivity contribution in [3.8, 4) is 6.07 Å². The van der Waals surface area contributed by atoms with E-state index in [-0.39, 0.29) is 17.4 Å². The third-order valence-corrected chi connectivity index (χ3v) is 6.23. The van der Waals surface area contributed by atoms with Crippen molar-refractivity contribution in [2.75, 3.05) is 32.0 Å². The minimum Gasteiger partial charge on any atom is -0.392 e. The topological polar surface area (TPSA) is 105 Å². The van der Waals surface area contributed by atoms with Crippen LogP contribution in [0.4, 0.5) is 10.1 Å². The van der Waals surface area contributed by atoms with Gasteiger partial charge in [-0.2, -0.15) is 5.26 Å². The van der Waals surface area contributed by atoms with Crippen molar-refractivity contribution in [1.29, 1.82) is 5.26 Å². The van der Waals surface area contributed by atoms with Gasteiger partial charge in [0, 0.05) is 38.3 Å². The first-order chi connectivity index (χ1) is 15.4. The monoisotopic (exact) mass is 436 g/mol. The average molecular weight is 436 g/mol. The number of carbonyl (C=O) groups is 2. The highest BCUT2D eigenvalue weighted by atomic mass is 19.1.